The average molecular weight is 104 g/mol. The minimum absolute atomic E-state index is 0.155. The fourth-order valence-electron chi connectivity index (χ4n) is 0.433. The smallest absolute Gasteiger partial charge is 0.308 e. The highest BCUT2D eigenvalue weighted by Gasteiger charge is 2.53. The molecule has 1 fully saturated rings. The molecule has 1 N–H and O–H groups in total. The Morgan fingerprint density at radius 1 is 1.86 bits per heavy atom. The number of ether oxygens (including phenoxy) is 2. The number of epoxide rings is 1. The molecule has 7 heavy (non-hydrogen) atoms. The molecule has 0 amide bonds. The highest BCUT2D eigenvalue weighted by atomic mass is 16.9. The van der Waals surface area contributed by atoms with Gasteiger partial charge in [0.15, 0.2) is 0 Å². The van der Waals surface area contributed by atoms with E-state index in [1.54, 1.807) is 6.92 Å². The van der Waals surface area contributed by atoms with Crippen LogP contribution in [-0.2, 0) is 9.47 Å². The summed E-state index contributed by atoms with van der Waals surface area (Å²) in [4.78, 5) is 0. The Morgan fingerprint density at radius 3 is 2.29 bits per heavy atom. The summed E-state index contributed by atoms with van der Waals surface area (Å²) in [5.74, 6) is -1.25. The Balaban J connectivity index is 2.36. The summed E-state index contributed by atoms with van der Waals surface area (Å²) in [6.45, 7) is 1.74. The number of rotatable bonds is 1. The molecule has 0 aliphatic carbocycles. The van der Waals surface area contributed by atoms with Crippen LogP contribution in [0, 0.1) is 0 Å². The molecule has 3 heteroatoms. The van der Waals surface area contributed by atoms with Gasteiger partial charge in [0, 0.05) is 7.11 Å². The number of hydrogen-bond acceptors (Lipinski definition) is 3. The standard InChI is InChI=1S/C4H8O3/c1-3-4(5,6-2)7-3/h3,5H,1-2H3. The first-order chi connectivity index (χ1) is 3.19. The molecule has 0 bridgehead atoms. The van der Waals surface area contributed by atoms with Crippen LogP contribution in [0.3, 0.4) is 0 Å². The predicted octanol–water partition coefficient (Wildman–Crippen LogP) is -0.302. The van der Waals surface area contributed by atoms with Crippen molar-refractivity contribution in [3.05, 3.63) is 0 Å². The van der Waals surface area contributed by atoms with Gasteiger partial charge in [-0.2, -0.15) is 0 Å². The molecule has 2 unspecified atom stereocenters. The van der Waals surface area contributed by atoms with Crippen LogP contribution in [0.15, 0.2) is 0 Å². The van der Waals surface area contributed by atoms with Gasteiger partial charge in [-0.25, -0.2) is 0 Å². The topological polar surface area (TPSA) is 42.0 Å². The molecule has 0 aromatic carbocycles. The van der Waals surface area contributed by atoms with E-state index in [4.69, 9.17) is 5.11 Å². The molecule has 1 heterocycles. The predicted molar refractivity (Wildman–Crippen MR) is 22.5 cm³/mol. The largest absolute Gasteiger partial charge is 0.341 e. The fourth-order valence-corrected chi connectivity index (χ4v) is 0.433. The number of hydrogen-bond donors (Lipinski definition) is 1. The molecule has 0 saturated carbocycles. The maximum Gasteiger partial charge on any atom is 0.308 e. The van der Waals surface area contributed by atoms with Crippen molar-refractivity contribution in [3.8, 4) is 0 Å². The van der Waals surface area contributed by atoms with Gasteiger partial charge < -0.3 is 14.6 Å². The Morgan fingerprint density at radius 2 is 2.29 bits per heavy atom. The monoisotopic (exact) mass is 104 g/mol. The van der Waals surface area contributed by atoms with Gasteiger partial charge in [0.05, 0.1) is 0 Å². The Labute approximate surface area is 41.8 Å². The van der Waals surface area contributed by atoms with Crippen molar-refractivity contribution in [3.63, 3.8) is 0 Å². The van der Waals surface area contributed by atoms with E-state index in [1.165, 1.54) is 7.11 Å². The summed E-state index contributed by atoms with van der Waals surface area (Å²) in [7, 11) is 1.41. The highest BCUT2D eigenvalue weighted by molar-refractivity contribution is 4.78. The normalized spacial score (nSPS) is 49.3. The van der Waals surface area contributed by atoms with Gasteiger partial charge in [0.1, 0.15) is 6.10 Å². The molecule has 1 aliphatic rings. The van der Waals surface area contributed by atoms with Gasteiger partial charge in [-0.05, 0) is 6.92 Å². The quantitative estimate of drug-likeness (QED) is 0.366. The first-order valence-corrected chi connectivity index (χ1v) is 2.14. The Kier molecular flexibility index (Phi) is 0.849. The molecule has 1 rings (SSSR count). The van der Waals surface area contributed by atoms with Crippen LogP contribution in [-0.4, -0.2) is 24.3 Å². The third-order valence-electron chi connectivity index (χ3n) is 1.09. The lowest BCUT2D eigenvalue weighted by molar-refractivity contribution is -0.174. The van der Waals surface area contributed by atoms with Gasteiger partial charge in [-0.1, -0.05) is 0 Å². The van der Waals surface area contributed by atoms with Crippen molar-refractivity contribution in [2.24, 2.45) is 0 Å². The molecule has 42 valence electrons. The molecular weight excluding hydrogens is 96.0 g/mol. The van der Waals surface area contributed by atoms with E-state index in [2.05, 4.69) is 9.47 Å². The first-order valence-electron chi connectivity index (χ1n) is 2.14. The highest BCUT2D eigenvalue weighted by Crippen LogP contribution is 2.32. The molecule has 3 nitrogen and oxygen atoms in total. The summed E-state index contributed by atoms with van der Waals surface area (Å²) in [6, 6.07) is 0. The molecule has 0 aromatic rings. The summed E-state index contributed by atoms with van der Waals surface area (Å²) < 4.78 is 9.08. The molecule has 0 spiro atoms. The average Bonchev–Trinajstić information content (AvgIpc) is 2.18. The van der Waals surface area contributed by atoms with E-state index >= 15 is 0 Å². The number of aliphatic hydroxyl groups is 1. The van der Waals surface area contributed by atoms with Gasteiger partial charge in [0.2, 0.25) is 0 Å². The van der Waals surface area contributed by atoms with Gasteiger partial charge >= 0.3 is 5.97 Å². The van der Waals surface area contributed by atoms with Gasteiger partial charge in [0.25, 0.3) is 0 Å². The second-order valence-electron chi connectivity index (χ2n) is 1.59. The zero-order valence-electron chi connectivity index (χ0n) is 4.34. The molecule has 0 aromatic heterocycles. The van der Waals surface area contributed by atoms with Crippen LogP contribution in [0.2, 0.25) is 0 Å². The second-order valence-corrected chi connectivity index (χ2v) is 1.59. The van der Waals surface area contributed by atoms with E-state index in [0.29, 0.717) is 0 Å². The van der Waals surface area contributed by atoms with Crippen molar-refractivity contribution in [2.75, 3.05) is 7.11 Å². The first kappa shape index (κ1) is 5.03. The fraction of sp³-hybridized carbons (Fsp3) is 1.00. The zero-order chi connectivity index (χ0) is 5.49. The number of methoxy groups -OCH3 is 1. The van der Waals surface area contributed by atoms with Gasteiger partial charge in [-0.15, -0.1) is 0 Å². The lowest BCUT2D eigenvalue weighted by Crippen LogP contribution is -2.14. The van der Waals surface area contributed by atoms with Gasteiger partial charge in [-0.3, -0.25) is 0 Å². The summed E-state index contributed by atoms with van der Waals surface area (Å²) in [6.07, 6.45) is -0.155. The molecule has 0 radical (unpaired) electrons. The lowest BCUT2D eigenvalue weighted by atomic mass is 10.5. The third kappa shape index (κ3) is 0.627. The van der Waals surface area contributed by atoms with E-state index in [-0.39, 0.29) is 6.10 Å². The molecule has 2 atom stereocenters. The Bertz CT molecular complexity index is 79.0. The maximum atomic E-state index is 8.76. The maximum absolute atomic E-state index is 8.76. The third-order valence-corrected chi connectivity index (χ3v) is 1.09. The van der Waals surface area contributed by atoms with Crippen molar-refractivity contribution in [2.45, 2.75) is 19.0 Å². The second kappa shape index (κ2) is 1.18. The van der Waals surface area contributed by atoms with Crippen LogP contribution >= 0.6 is 0 Å². The van der Waals surface area contributed by atoms with Crippen molar-refractivity contribution < 1.29 is 14.6 Å². The molecule has 1 aliphatic heterocycles. The Hall–Kier alpha value is -0.120. The van der Waals surface area contributed by atoms with Crippen LogP contribution in [0.25, 0.3) is 0 Å². The summed E-state index contributed by atoms with van der Waals surface area (Å²) >= 11 is 0. The van der Waals surface area contributed by atoms with E-state index in [0.717, 1.165) is 0 Å². The molecule has 1 saturated heterocycles. The summed E-state index contributed by atoms with van der Waals surface area (Å²) in [5.41, 5.74) is 0. The minimum Gasteiger partial charge on any atom is -0.341 e. The summed E-state index contributed by atoms with van der Waals surface area (Å²) in [5, 5.41) is 8.76. The van der Waals surface area contributed by atoms with Crippen molar-refractivity contribution in [1.82, 2.24) is 0 Å². The van der Waals surface area contributed by atoms with Crippen LogP contribution in [0.5, 0.6) is 0 Å². The van der Waals surface area contributed by atoms with E-state index in [1.807, 2.05) is 0 Å². The van der Waals surface area contributed by atoms with Crippen molar-refractivity contribution >= 4 is 0 Å². The van der Waals surface area contributed by atoms with Crippen LogP contribution in [0.1, 0.15) is 6.92 Å². The molecular formula is C4H8O3. The SMILES string of the molecule is COC1(O)OC1C. The van der Waals surface area contributed by atoms with Crippen LogP contribution < -0.4 is 0 Å². The van der Waals surface area contributed by atoms with Crippen LogP contribution in [0.4, 0.5) is 0 Å². The minimum atomic E-state index is -1.25. The zero-order valence-corrected chi connectivity index (χ0v) is 4.34. The lowest BCUT2D eigenvalue weighted by Gasteiger charge is -1.96. The van der Waals surface area contributed by atoms with E-state index < -0.39 is 5.97 Å². The van der Waals surface area contributed by atoms with E-state index in [9.17, 15) is 0 Å². The van der Waals surface area contributed by atoms with Crippen molar-refractivity contribution in [1.29, 1.82) is 0 Å².